The molecule has 0 saturated heterocycles. The van der Waals surface area contributed by atoms with Crippen LogP contribution in [0, 0.1) is 0 Å². The Morgan fingerprint density at radius 1 is 1.25 bits per heavy atom. The summed E-state index contributed by atoms with van der Waals surface area (Å²) < 4.78 is 1.69. The average Bonchev–Trinajstić information content (AvgIpc) is 2.72. The van der Waals surface area contributed by atoms with Gasteiger partial charge in [-0.05, 0) is 12.1 Å². The zero-order valence-corrected chi connectivity index (χ0v) is 8.41. The predicted molar refractivity (Wildman–Crippen MR) is 60.6 cm³/mol. The Balaban J connectivity index is 2.19. The molecule has 5 nitrogen and oxygen atoms in total. The van der Waals surface area contributed by atoms with Crippen LogP contribution in [0.2, 0.25) is 0 Å². The monoisotopic (exact) mass is 211 g/mol. The number of hydrogen-bond acceptors (Lipinski definition) is 4. The average molecular weight is 211 g/mol. The SMILES string of the molecule is Nc1cccc(-c2nc3cnccn3n2)c1. The summed E-state index contributed by atoms with van der Waals surface area (Å²) in [4.78, 5) is 8.35. The lowest BCUT2D eigenvalue weighted by Gasteiger charge is -1.95. The number of benzene rings is 1. The fraction of sp³-hybridized carbons (Fsp3) is 0. The molecule has 0 unspecified atom stereocenters. The first-order valence-electron chi connectivity index (χ1n) is 4.85. The van der Waals surface area contributed by atoms with E-state index in [4.69, 9.17) is 5.73 Å². The molecule has 0 aliphatic heterocycles. The molecule has 2 N–H and O–H groups in total. The standard InChI is InChI=1S/C11H9N5/c12-9-3-1-2-8(6-9)11-14-10-7-13-4-5-16(10)15-11/h1-7H,12H2. The van der Waals surface area contributed by atoms with E-state index < -0.39 is 0 Å². The van der Waals surface area contributed by atoms with Crippen LogP contribution in [0.5, 0.6) is 0 Å². The lowest BCUT2D eigenvalue weighted by Crippen LogP contribution is -1.88. The Kier molecular flexibility index (Phi) is 1.83. The fourth-order valence-corrected chi connectivity index (χ4v) is 1.54. The van der Waals surface area contributed by atoms with Crippen molar-refractivity contribution in [2.45, 2.75) is 0 Å². The van der Waals surface area contributed by atoms with Crippen molar-refractivity contribution in [1.82, 2.24) is 19.6 Å². The molecule has 2 heterocycles. The Bertz CT molecular complexity index is 610. The van der Waals surface area contributed by atoms with Gasteiger partial charge in [-0.1, -0.05) is 12.1 Å². The molecule has 0 aliphatic carbocycles. The molecular formula is C11H9N5. The summed E-state index contributed by atoms with van der Waals surface area (Å²) in [5.41, 5.74) is 8.05. The number of fused-ring (bicyclic) bond motifs is 1. The molecule has 3 rings (SSSR count). The Hall–Kier alpha value is -2.43. The van der Waals surface area contributed by atoms with E-state index in [0.717, 1.165) is 11.2 Å². The van der Waals surface area contributed by atoms with Gasteiger partial charge in [-0.25, -0.2) is 9.50 Å². The summed E-state index contributed by atoms with van der Waals surface area (Å²) in [7, 11) is 0. The first-order valence-corrected chi connectivity index (χ1v) is 4.85. The highest BCUT2D eigenvalue weighted by Crippen LogP contribution is 2.18. The normalized spacial score (nSPS) is 10.8. The maximum atomic E-state index is 5.72. The van der Waals surface area contributed by atoms with Crippen molar-refractivity contribution in [1.29, 1.82) is 0 Å². The molecule has 3 aromatic rings. The first-order chi connectivity index (χ1) is 7.83. The second kappa shape index (κ2) is 3.30. The molecule has 16 heavy (non-hydrogen) atoms. The number of nitrogens with two attached hydrogens (primary N) is 1. The zero-order chi connectivity index (χ0) is 11.0. The highest BCUT2D eigenvalue weighted by molar-refractivity contribution is 5.62. The van der Waals surface area contributed by atoms with E-state index in [0.29, 0.717) is 11.5 Å². The molecule has 0 amide bonds. The minimum absolute atomic E-state index is 0.653. The Labute approximate surface area is 91.6 Å². The van der Waals surface area contributed by atoms with Crippen molar-refractivity contribution in [2.75, 3.05) is 5.73 Å². The first kappa shape index (κ1) is 8.84. The molecule has 1 aromatic carbocycles. The topological polar surface area (TPSA) is 69.1 Å². The van der Waals surface area contributed by atoms with E-state index in [1.807, 2.05) is 24.3 Å². The quantitative estimate of drug-likeness (QED) is 0.617. The van der Waals surface area contributed by atoms with Crippen molar-refractivity contribution in [3.8, 4) is 11.4 Å². The summed E-state index contributed by atoms with van der Waals surface area (Å²) in [6.45, 7) is 0. The molecule has 0 spiro atoms. The van der Waals surface area contributed by atoms with Gasteiger partial charge in [-0.2, -0.15) is 0 Å². The van der Waals surface area contributed by atoms with Crippen LogP contribution in [0.25, 0.3) is 17.0 Å². The number of nitrogens with zero attached hydrogens (tertiary/aromatic N) is 4. The maximum absolute atomic E-state index is 5.72. The lowest BCUT2D eigenvalue weighted by atomic mass is 10.2. The van der Waals surface area contributed by atoms with Crippen LogP contribution in [0.15, 0.2) is 42.9 Å². The third-order valence-electron chi connectivity index (χ3n) is 2.29. The van der Waals surface area contributed by atoms with E-state index in [2.05, 4.69) is 15.1 Å². The molecule has 0 aliphatic rings. The Morgan fingerprint density at radius 2 is 2.19 bits per heavy atom. The van der Waals surface area contributed by atoms with Crippen molar-refractivity contribution < 1.29 is 0 Å². The summed E-state index contributed by atoms with van der Waals surface area (Å²) in [6.07, 6.45) is 5.10. The summed E-state index contributed by atoms with van der Waals surface area (Å²) in [5, 5.41) is 4.33. The van der Waals surface area contributed by atoms with E-state index in [1.165, 1.54) is 0 Å². The van der Waals surface area contributed by atoms with Crippen LogP contribution in [-0.4, -0.2) is 19.6 Å². The highest BCUT2D eigenvalue weighted by atomic mass is 15.3. The number of anilines is 1. The molecule has 0 radical (unpaired) electrons. The van der Waals surface area contributed by atoms with Crippen molar-refractivity contribution in [3.63, 3.8) is 0 Å². The predicted octanol–water partition coefficient (Wildman–Crippen LogP) is 1.37. The van der Waals surface area contributed by atoms with Gasteiger partial charge >= 0.3 is 0 Å². The second-order valence-corrected chi connectivity index (χ2v) is 3.44. The van der Waals surface area contributed by atoms with Gasteiger partial charge in [0, 0.05) is 23.6 Å². The molecule has 5 heteroatoms. The van der Waals surface area contributed by atoms with E-state index in [1.54, 1.807) is 23.1 Å². The Morgan fingerprint density at radius 3 is 3.00 bits per heavy atom. The minimum atomic E-state index is 0.653. The van der Waals surface area contributed by atoms with Gasteiger partial charge < -0.3 is 5.73 Å². The molecule has 0 fully saturated rings. The largest absolute Gasteiger partial charge is 0.399 e. The van der Waals surface area contributed by atoms with Gasteiger partial charge in [0.1, 0.15) is 0 Å². The van der Waals surface area contributed by atoms with Gasteiger partial charge in [0.2, 0.25) is 0 Å². The van der Waals surface area contributed by atoms with Gasteiger partial charge in [-0.3, -0.25) is 4.98 Å². The molecule has 0 saturated carbocycles. The van der Waals surface area contributed by atoms with Crippen LogP contribution in [0.4, 0.5) is 5.69 Å². The van der Waals surface area contributed by atoms with Crippen molar-refractivity contribution in [3.05, 3.63) is 42.9 Å². The smallest absolute Gasteiger partial charge is 0.182 e. The van der Waals surface area contributed by atoms with E-state index in [9.17, 15) is 0 Å². The molecule has 78 valence electrons. The van der Waals surface area contributed by atoms with Crippen LogP contribution in [-0.2, 0) is 0 Å². The van der Waals surface area contributed by atoms with Gasteiger partial charge in [-0.15, -0.1) is 5.10 Å². The third kappa shape index (κ3) is 1.38. The van der Waals surface area contributed by atoms with Crippen molar-refractivity contribution >= 4 is 11.3 Å². The molecule has 0 bridgehead atoms. The lowest BCUT2D eigenvalue weighted by molar-refractivity contribution is 0.950. The third-order valence-corrected chi connectivity index (χ3v) is 2.29. The second-order valence-electron chi connectivity index (χ2n) is 3.44. The minimum Gasteiger partial charge on any atom is -0.399 e. The van der Waals surface area contributed by atoms with E-state index >= 15 is 0 Å². The summed E-state index contributed by atoms with van der Waals surface area (Å²) in [5.74, 6) is 0.653. The fourth-order valence-electron chi connectivity index (χ4n) is 1.54. The number of aromatic nitrogens is 4. The summed E-state index contributed by atoms with van der Waals surface area (Å²) >= 11 is 0. The summed E-state index contributed by atoms with van der Waals surface area (Å²) in [6, 6.07) is 7.50. The van der Waals surface area contributed by atoms with Gasteiger partial charge in [0.15, 0.2) is 11.5 Å². The molecule has 0 atom stereocenters. The molecular weight excluding hydrogens is 202 g/mol. The number of hydrogen-bond donors (Lipinski definition) is 1. The van der Waals surface area contributed by atoms with Crippen molar-refractivity contribution in [2.24, 2.45) is 0 Å². The van der Waals surface area contributed by atoms with Gasteiger partial charge in [0.25, 0.3) is 0 Å². The van der Waals surface area contributed by atoms with E-state index in [-0.39, 0.29) is 0 Å². The highest BCUT2D eigenvalue weighted by Gasteiger charge is 2.05. The number of rotatable bonds is 1. The van der Waals surface area contributed by atoms with Crippen LogP contribution in [0.3, 0.4) is 0 Å². The maximum Gasteiger partial charge on any atom is 0.182 e. The van der Waals surface area contributed by atoms with Crippen LogP contribution >= 0.6 is 0 Å². The number of nitrogen functional groups attached to an aromatic ring is 1. The zero-order valence-electron chi connectivity index (χ0n) is 8.41. The van der Waals surface area contributed by atoms with Gasteiger partial charge in [0.05, 0.1) is 6.20 Å². The van der Waals surface area contributed by atoms with Crippen LogP contribution < -0.4 is 5.73 Å². The molecule has 2 aromatic heterocycles. The van der Waals surface area contributed by atoms with Crippen LogP contribution in [0.1, 0.15) is 0 Å².